The fraction of sp³-hybridized carbons (Fsp3) is 0.810. The van der Waals surface area contributed by atoms with E-state index >= 15 is 0 Å². The van der Waals surface area contributed by atoms with E-state index in [1.54, 1.807) is 18.7 Å². The molecular formula is C21H37NO4. The van der Waals surface area contributed by atoms with E-state index in [4.69, 9.17) is 4.74 Å². The topological polar surface area (TPSA) is 66.8 Å². The van der Waals surface area contributed by atoms with Crippen molar-refractivity contribution in [2.45, 2.75) is 91.2 Å². The largest absolute Gasteiger partial charge is 0.464 e. The maximum absolute atomic E-state index is 12.8. The first-order valence-corrected chi connectivity index (χ1v) is 10.3. The first-order valence-electron chi connectivity index (χ1n) is 10.3. The van der Waals surface area contributed by atoms with E-state index in [1.165, 1.54) is 25.7 Å². The van der Waals surface area contributed by atoms with Gasteiger partial charge in [-0.05, 0) is 45.1 Å². The zero-order chi connectivity index (χ0) is 19.5. The van der Waals surface area contributed by atoms with Crippen molar-refractivity contribution in [2.75, 3.05) is 13.2 Å². The van der Waals surface area contributed by atoms with Gasteiger partial charge in [0.05, 0.1) is 18.6 Å². The Morgan fingerprint density at radius 3 is 2.58 bits per heavy atom. The van der Waals surface area contributed by atoms with Gasteiger partial charge in [0.25, 0.3) is 0 Å². The molecule has 0 aliphatic carbocycles. The van der Waals surface area contributed by atoms with E-state index in [0.29, 0.717) is 19.6 Å². The second-order valence-corrected chi connectivity index (χ2v) is 7.33. The van der Waals surface area contributed by atoms with Gasteiger partial charge in [0.1, 0.15) is 6.04 Å². The lowest BCUT2D eigenvalue weighted by atomic mass is 9.95. The second kappa shape index (κ2) is 12.1. The van der Waals surface area contributed by atoms with Crippen LogP contribution in [-0.4, -0.2) is 47.2 Å². The Morgan fingerprint density at radius 2 is 1.92 bits per heavy atom. The van der Waals surface area contributed by atoms with Crippen LogP contribution in [0.1, 0.15) is 79.1 Å². The number of likely N-dealkylation sites (tertiary alicyclic amines) is 1. The Hall–Kier alpha value is -1.36. The van der Waals surface area contributed by atoms with E-state index < -0.39 is 18.1 Å². The Bertz CT molecular complexity index is 475. The van der Waals surface area contributed by atoms with Crippen LogP contribution in [0, 0.1) is 5.92 Å². The summed E-state index contributed by atoms with van der Waals surface area (Å²) in [6, 6.07) is -0.500. The van der Waals surface area contributed by atoms with E-state index in [-0.39, 0.29) is 11.9 Å². The Kier molecular flexibility index (Phi) is 10.6. The van der Waals surface area contributed by atoms with Crippen molar-refractivity contribution in [2.24, 2.45) is 5.92 Å². The molecule has 0 aromatic carbocycles. The lowest BCUT2D eigenvalue weighted by molar-refractivity contribution is -0.155. The Morgan fingerprint density at radius 1 is 1.23 bits per heavy atom. The molecule has 0 spiro atoms. The average Bonchev–Trinajstić information content (AvgIpc) is 3.12. The highest BCUT2D eigenvalue weighted by atomic mass is 16.5. The number of aliphatic hydroxyl groups is 1. The minimum Gasteiger partial charge on any atom is -0.464 e. The molecule has 3 atom stereocenters. The molecular weight excluding hydrogens is 330 g/mol. The highest BCUT2D eigenvalue weighted by Crippen LogP contribution is 2.24. The molecule has 1 saturated heterocycles. The number of rotatable bonds is 11. The lowest BCUT2D eigenvalue weighted by Crippen LogP contribution is -2.46. The van der Waals surface area contributed by atoms with Crippen LogP contribution in [0.3, 0.4) is 0 Å². The minimum absolute atomic E-state index is 0.163. The number of amides is 1. The lowest BCUT2D eigenvalue weighted by Gasteiger charge is -2.28. The van der Waals surface area contributed by atoms with E-state index in [9.17, 15) is 14.7 Å². The van der Waals surface area contributed by atoms with E-state index in [0.717, 1.165) is 24.8 Å². The van der Waals surface area contributed by atoms with Crippen LogP contribution < -0.4 is 0 Å². The number of aliphatic hydroxyl groups excluding tert-OH is 1. The van der Waals surface area contributed by atoms with Crippen LogP contribution in [0.2, 0.25) is 0 Å². The molecule has 150 valence electrons. The van der Waals surface area contributed by atoms with Crippen molar-refractivity contribution in [1.82, 2.24) is 4.90 Å². The van der Waals surface area contributed by atoms with Crippen molar-refractivity contribution < 1.29 is 19.4 Å². The van der Waals surface area contributed by atoms with Gasteiger partial charge in [-0.25, -0.2) is 4.79 Å². The third-order valence-corrected chi connectivity index (χ3v) is 5.20. The Labute approximate surface area is 158 Å². The van der Waals surface area contributed by atoms with Crippen LogP contribution >= 0.6 is 0 Å². The van der Waals surface area contributed by atoms with Crippen LogP contribution in [0.25, 0.3) is 0 Å². The summed E-state index contributed by atoms with van der Waals surface area (Å²) in [5.74, 6) is -1.05. The molecule has 1 aliphatic heterocycles. The predicted molar refractivity (Wildman–Crippen MR) is 104 cm³/mol. The molecule has 5 nitrogen and oxygen atoms in total. The summed E-state index contributed by atoms with van der Waals surface area (Å²) in [6.07, 6.45) is 9.69. The molecule has 1 rings (SSSR count). The molecule has 0 aromatic heterocycles. The van der Waals surface area contributed by atoms with Gasteiger partial charge in [-0.3, -0.25) is 4.79 Å². The van der Waals surface area contributed by atoms with Crippen LogP contribution in [0.15, 0.2) is 11.6 Å². The van der Waals surface area contributed by atoms with Crippen molar-refractivity contribution in [3.05, 3.63) is 11.6 Å². The van der Waals surface area contributed by atoms with E-state index in [1.807, 2.05) is 13.0 Å². The van der Waals surface area contributed by atoms with Gasteiger partial charge in [-0.1, -0.05) is 45.6 Å². The maximum atomic E-state index is 12.8. The van der Waals surface area contributed by atoms with Gasteiger partial charge in [0, 0.05) is 6.54 Å². The molecule has 0 aromatic rings. The molecule has 1 amide bonds. The second-order valence-electron chi connectivity index (χ2n) is 7.33. The van der Waals surface area contributed by atoms with E-state index in [2.05, 4.69) is 6.92 Å². The third-order valence-electron chi connectivity index (χ3n) is 5.20. The summed E-state index contributed by atoms with van der Waals surface area (Å²) >= 11 is 0. The Balaban J connectivity index is 2.55. The molecule has 0 unspecified atom stereocenters. The summed E-state index contributed by atoms with van der Waals surface area (Å²) < 4.78 is 5.08. The number of esters is 1. The maximum Gasteiger partial charge on any atom is 0.328 e. The summed E-state index contributed by atoms with van der Waals surface area (Å²) in [6.45, 7) is 8.46. The van der Waals surface area contributed by atoms with Gasteiger partial charge in [-0.15, -0.1) is 0 Å². The van der Waals surface area contributed by atoms with Gasteiger partial charge in [-0.2, -0.15) is 0 Å². The molecule has 1 aliphatic rings. The SMILES string of the molecule is CCCCCCC/C=C(\C)[C@@H](O)[C@@H](C)C(=O)N1CCC[C@H]1C(=O)OCC. The fourth-order valence-electron chi connectivity index (χ4n) is 3.50. The molecule has 26 heavy (non-hydrogen) atoms. The van der Waals surface area contributed by atoms with Gasteiger partial charge >= 0.3 is 5.97 Å². The smallest absolute Gasteiger partial charge is 0.328 e. The zero-order valence-electron chi connectivity index (χ0n) is 17.0. The summed E-state index contributed by atoms with van der Waals surface area (Å²) in [5, 5.41) is 10.6. The molecule has 0 saturated carbocycles. The van der Waals surface area contributed by atoms with Crippen molar-refractivity contribution in [1.29, 1.82) is 0 Å². The fourth-order valence-corrected chi connectivity index (χ4v) is 3.50. The molecule has 1 heterocycles. The average molecular weight is 368 g/mol. The first kappa shape index (κ1) is 22.7. The normalized spacial score (nSPS) is 20.1. The first-order chi connectivity index (χ1) is 12.4. The van der Waals surface area contributed by atoms with Gasteiger partial charge in [0.15, 0.2) is 0 Å². The molecule has 1 fully saturated rings. The highest BCUT2D eigenvalue weighted by molar-refractivity contribution is 5.86. The van der Waals surface area contributed by atoms with Crippen molar-refractivity contribution in [3.8, 4) is 0 Å². The quantitative estimate of drug-likeness (QED) is 0.342. The standard InChI is InChI=1S/C21H37NO4/c1-5-7-8-9-10-11-13-16(3)19(23)17(4)20(24)22-15-12-14-18(22)21(25)26-6-2/h13,17-19,23H,5-12,14-15H2,1-4H3/b16-13+/t17-,18+,19-/m1/s1. The summed E-state index contributed by atoms with van der Waals surface area (Å²) in [4.78, 5) is 26.4. The van der Waals surface area contributed by atoms with Gasteiger partial charge in [0.2, 0.25) is 5.91 Å². The van der Waals surface area contributed by atoms with Gasteiger partial charge < -0.3 is 14.7 Å². The number of hydrogen-bond donors (Lipinski definition) is 1. The minimum atomic E-state index is -0.804. The summed E-state index contributed by atoms with van der Waals surface area (Å²) in [7, 11) is 0. The highest BCUT2D eigenvalue weighted by Gasteiger charge is 2.38. The molecule has 5 heteroatoms. The van der Waals surface area contributed by atoms with Crippen molar-refractivity contribution >= 4 is 11.9 Å². The summed E-state index contributed by atoms with van der Waals surface area (Å²) in [5.41, 5.74) is 0.841. The third kappa shape index (κ3) is 6.75. The number of carbonyl (C=O) groups is 2. The number of unbranched alkanes of at least 4 members (excludes halogenated alkanes) is 5. The predicted octanol–water partition coefficient (Wildman–Crippen LogP) is 3.84. The number of carbonyl (C=O) groups excluding carboxylic acids is 2. The number of hydrogen-bond acceptors (Lipinski definition) is 4. The number of allylic oxidation sites excluding steroid dienone is 1. The van der Waals surface area contributed by atoms with Crippen LogP contribution in [-0.2, 0) is 14.3 Å². The molecule has 0 bridgehead atoms. The van der Waals surface area contributed by atoms with Crippen molar-refractivity contribution in [3.63, 3.8) is 0 Å². The van der Waals surface area contributed by atoms with Crippen LogP contribution in [0.5, 0.6) is 0 Å². The number of ether oxygens (including phenoxy) is 1. The molecule has 1 N–H and O–H groups in total. The molecule has 0 radical (unpaired) electrons. The monoisotopic (exact) mass is 367 g/mol. The van der Waals surface area contributed by atoms with Crippen LogP contribution in [0.4, 0.5) is 0 Å². The zero-order valence-corrected chi connectivity index (χ0v) is 17.0. The number of nitrogens with zero attached hydrogens (tertiary/aromatic N) is 1.